The lowest BCUT2D eigenvalue weighted by Crippen LogP contribution is -2.48. The molecule has 1 N–H and O–H groups in total. The molecule has 2 aliphatic heterocycles. The first-order valence-electron chi connectivity index (χ1n) is 10.5. The van der Waals surface area contributed by atoms with Gasteiger partial charge in [-0.05, 0) is 35.9 Å². The minimum Gasteiger partial charge on any atom is -0.454 e. The van der Waals surface area contributed by atoms with Crippen LogP contribution in [-0.4, -0.2) is 58.9 Å². The number of ether oxygens (including phenoxy) is 2. The maximum absolute atomic E-state index is 12.9. The average molecular weight is 458 g/mol. The largest absolute Gasteiger partial charge is 0.454 e. The van der Waals surface area contributed by atoms with Crippen molar-refractivity contribution in [3.8, 4) is 22.8 Å². The molecule has 5 rings (SSSR count). The molecule has 1 aromatic heterocycles. The molecule has 10 heteroatoms. The molecule has 7 nitrogen and oxygen atoms in total. The third kappa shape index (κ3) is 4.51. The van der Waals surface area contributed by atoms with Crippen LogP contribution in [0, 0.1) is 0 Å². The number of fused-ring (bicyclic) bond motifs is 1. The van der Waals surface area contributed by atoms with E-state index in [1.807, 2.05) is 17.0 Å². The van der Waals surface area contributed by atoms with Gasteiger partial charge in [0.05, 0.1) is 11.3 Å². The molecule has 0 saturated carbocycles. The molecule has 0 spiro atoms. The molecule has 2 aromatic carbocycles. The number of carbonyl (C=O) groups is 1. The van der Waals surface area contributed by atoms with Gasteiger partial charge in [0.2, 0.25) is 6.79 Å². The smallest absolute Gasteiger partial charge is 0.416 e. The normalized spacial score (nSPS) is 16.3. The van der Waals surface area contributed by atoms with Crippen molar-refractivity contribution in [3.63, 3.8) is 0 Å². The number of piperazine rings is 1. The highest BCUT2D eigenvalue weighted by atomic mass is 19.4. The number of benzene rings is 2. The Kier molecular flexibility index (Phi) is 5.45. The van der Waals surface area contributed by atoms with Gasteiger partial charge in [0.15, 0.2) is 11.5 Å². The minimum absolute atomic E-state index is 0.159. The van der Waals surface area contributed by atoms with Crippen molar-refractivity contribution in [2.45, 2.75) is 12.7 Å². The predicted octanol–water partition coefficient (Wildman–Crippen LogP) is 3.78. The fourth-order valence-electron chi connectivity index (χ4n) is 4.02. The molecule has 1 amide bonds. The Labute approximate surface area is 187 Å². The van der Waals surface area contributed by atoms with E-state index in [2.05, 4.69) is 10.2 Å². The number of aromatic amines is 1. The zero-order chi connectivity index (χ0) is 23.0. The van der Waals surface area contributed by atoms with Gasteiger partial charge in [0.25, 0.3) is 5.91 Å². The predicted molar refractivity (Wildman–Crippen MR) is 113 cm³/mol. The number of aromatic nitrogens is 2. The monoisotopic (exact) mass is 458 g/mol. The molecule has 172 valence electrons. The van der Waals surface area contributed by atoms with Crippen molar-refractivity contribution < 1.29 is 27.4 Å². The maximum atomic E-state index is 12.9. The third-order valence-electron chi connectivity index (χ3n) is 5.80. The summed E-state index contributed by atoms with van der Waals surface area (Å²) in [5, 5.41) is 7.06. The van der Waals surface area contributed by atoms with Crippen LogP contribution in [0.4, 0.5) is 13.2 Å². The molecule has 0 bridgehead atoms. The van der Waals surface area contributed by atoms with Gasteiger partial charge in [-0.15, -0.1) is 0 Å². The van der Waals surface area contributed by atoms with Crippen molar-refractivity contribution in [1.29, 1.82) is 0 Å². The molecular weight excluding hydrogens is 437 g/mol. The quantitative estimate of drug-likeness (QED) is 0.645. The van der Waals surface area contributed by atoms with E-state index in [0.717, 1.165) is 11.6 Å². The van der Waals surface area contributed by atoms with Gasteiger partial charge in [-0.2, -0.15) is 18.3 Å². The van der Waals surface area contributed by atoms with Gasteiger partial charge in [-0.1, -0.05) is 18.2 Å². The third-order valence-corrected chi connectivity index (χ3v) is 5.80. The Bertz CT molecular complexity index is 1170. The second-order valence-electron chi connectivity index (χ2n) is 8.00. The van der Waals surface area contributed by atoms with E-state index in [1.165, 1.54) is 12.1 Å². The summed E-state index contributed by atoms with van der Waals surface area (Å²) in [4.78, 5) is 16.7. The number of rotatable bonds is 4. The summed E-state index contributed by atoms with van der Waals surface area (Å²) >= 11 is 0. The highest BCUT2D eigenvalue weighted by molar-refractivity contribution is 5.93. The van der Waals surface area contributed by atoms with E-state index in [-0.39, 0.29) is 12.7 Å². The zero-order valence-electron chi connectivity index (χ0n) is 17.6. The molecule has 2 aliphatic rings. The number of hydrogen-bond acceptors (Lipinski definition) is 5. The summed E-state index contributed by atoms with van der Waals surface area (Å²) in [5.41, 5.74) is 1.77. The Morgan fingerprint density at radius 3 is 2.58 bits per heavy atom. The Morgan fingerprint density at radius 2 is 1.79 bits per heavy atom. The Morgan fingerprint density at radius 1 is 1.00 bits per heavy atom. The number of alkyl halides is 3. The summed E-state index contributed by atoms with van der Waals surface area (Å²) in [7, 11) is 0. The van der Waals surface area contributed by atoms with E-state index >= 15 is 0 Å². The SMILES string of the molecule is O=C(c1cc(-c2ccc3c(c2)OCO3)n[nH]1)N1CCN(Cc2cccc(C(F)(F)F)c2)CC1. The van der Waals surface area contributed by atoms with E-state index in [1.54, 1.807) is 23.1 Å². The molecule has 3 aromatic rings. The van der Waals surface area contributed by atoms with Crippen molar-refractivity contribution in [2.75, 3.05) is 33.0 Å². The maximum Gasteiger partial charge on any atom is 0.416 e. The summed E-state index contributed by atoms with van der Waals surface area (Å²) < 4.78 is 49.5. The lowest BCUT2D eigenvalue weighted by atomic mass is 10.1. The number of nitrogens with one attached hydrogen (secondary N) is 1. The zero-order valence-corrected chi connectivity index (χ0v) is 17.6. The molecular formula is C23H21F3N4O3. The lowest BCUT2D eigenvalue weighted by Gasteiger charge is -2.34. The van der Waals surface area contributed by atoms with E-state index < -0.39 is 11.7 Å². The van der Waals surface area contributed by atoms with E-state index in [4.69, 9.17) is 9.47 Å². The van der Waals surface area contributed by atoms with Gasteiger partial charge < -0.3 is 14.4 Å². The number of hydrogen-bond donors (Lipinski definition) is 1. The number of halogens is 3. The minimum atomic E-state index is -4.36. The van der Waals surface area contributed by atoms with Crippen LogP contribution >= 0.6 is 0 Å². The summed E-state index contributed by atoms with van der Waals surface area (Å²) in [6, 6.07) is 12.5. The Balaban J connectivity index is 1.19. The van der Waals surface area contributed by atoms with Crippen molar-refractivity contribution in [2.24, 2.45) is 0 Å². The van der Waals surface area contributed by atoms with Gasteiger partial charge in [0.1, 0.15) is 5.69 Å². The van der Waals surface area contributed by atoms with Crippen LogP contribution in [0.2, 0.25) is 0 Å². The number of amides is 1. The topological polar surface area (TPSA) is 70.7 Å². The highest BCUT2D eigenvalue weighted by Gasteiger charge is 2.31. The standard InChI is InChI=1S/C23H21F3N4O3/c24-23(25,26)17-3-1-2-15(10-17)13-29-6-8-30(9-7-29)22(31)19-12-18(27-28-19)16-4-5-20-21(11-16)33-14-32-20/h1-5,10-12H,6-9,13-14H2,(H,27,28). The van der Waals surface area contributed by atoms with Crippen LogP contribution in [0.1, 0.15) is 21.6 Å². The van der Waals surface area contributed by atoms with Crippen LogP contribution in [-0.2, 0) is 12.7 Å². The van der Waals surface area contributed by atoms with Crippen LogP contribution in [0.25, 0.3) is 11.3 Å². The number of H-pyrrole nitrogens is 1. The number of carbonyl (C=O) groups excluding carboxylic acids is 1. The van der Waals surface area contributed by atoms with Crippen LogP contribution in [0.5, 0.6) is 11.5 Å². The first-order chi connectivity index (χ1) is 15.9. The van der Waals surface area contributed by atoms with Gasteiger partial charge >= 0.3 is 6.18 Å². The fourth-order valence-corrected chi connectivity index (χ4v) is 4.02. The van der Waals surface area contributed by atoms with Crippen LogP contribution < -0.4 is 9.47 Å². The van der Waals surface area contributed by atoms with Crippen molar-refractivity contribution in [1.82, 2.24) is 20.0 Å². The first-order valence-corrected chi connectivity index (χ1v) is 10.5. The second-order valence-corrected chi connectivity index (χ2v) is 8.00. The highest BCUT2D eigenvalue weighted by Crippen LogP contribution is 2.35. The average Bonchev–Trinajstić information content (AvgIpc) is 3.48. The first kappa shape index (κ1) is 21.3. The molecule has 0 atom stereocenters. The molecule has 0 unspecified atom stereocenters. The van der Waals surface area contributed by atoms with Crippen molar-refractivity contribution >= 4 is 5.91 Å². The molecule has 1 fully saturated rings. The molecule has 0 aliphatic carbocycles. The summed E-state index contributed by atoms with van der Waals surface area (Å²) in [5.74, 6) is 1.15. The van der Waals surface area contributed by atoms with Crippen LogP contribution in [0.15, 0.2) is 48.5 Å². The molecule has 3 heterocycles. The van der Waals surface area contributed by atoms with Gasteiger partial charge in [-0.3, -0.25) is 14.8 Å². The fraction of sp³-hybridized carbons (Fsp3) is 0.304. The van der Waals surface area contributed by atoms with Crippen LogP contribution in [0.3, 0.4) is 0 Å². The summed E-state index contributed by atoms with van der Waals surface area (Å²) in [6.07, 6.45) is -4.36. The molecule has 33 heavy (non-hydrogen) atoms. The van der Waals surface area contributed by atoms with Crippen molar-refractivity contribution in [3.05, 3.63) is 65.4 Å². The second kappa shape index (κ2) is 8.43. The van der Waals surface area contributed by atoms with E-state index in [0.29, 0.717) is 61.2 Å². The van der Waals surface area contributed by atoms with E-state index in [9.17, 15) is 18.0 Å². The van der Waals surface area contributed by atoms with Gasteiger partial charge in [0, 0.05) is 38.3 Å². The summed E-state index contributed by atoms with van der Waals surface area (Å²) in [6.45, 7) is 2.70. The molecule has 1 saturated heterocycles. The number of nitrogens with zero attached hydrogens (tertiary/aromatic N) is 3. The Hall–Kier alpha value is -3.53. The van der Waals surface area contributed by atoms with Gasteiger partial charge in [-0.25, -0.2) is 0 Å². The lowest BCUT2D eigenvalue weighted by molar-refractivity contribution is -0.137. The molecule has 0 radical (unpaired) electrons.